The summed E-state index contributed by atoms with van der Waals surface area (Å²) in [5, 5.41) is 3.26. The summed E-state index contributed by atoms with van der Waals surface area (Å²) < 4.78 is 1.36. The van der Waals surface area contributed by atoms with E-state index in [-0.39, 0.29) is 11.5 Å². The van der Waals surface area contributed by atoms with Crippen LogP contribution < -0.4 is 16.6 Å². The number of nitrogens with one attached hydrogen (secondary N) is 1. The Morgan fingerprint density at radius 2 is 1.97 bits per heavy atom. The van der Waals surface area contributed by atoms with Gasteiger partial charge in [0.05, 0.1) is 10.3 Å². The maximum atomic E-state index is 13.2. The zero-order valence-electron chi connectivity index (χ0n) is 16.9. The van der Waals surface area contributed by atoms with Gasteiger partial charge in [-0.05, 0) is 44.4 Å². The molecule has 0 aliphatic carbocycles. The lowest BCUT2D eigenvalue weighted by atomic mass is 10.1. The molecule has 7 nitrogen and oxygen atoms in total. The Labute approximate surface area is 172 Å². The van der Waals surface area contributed by atoms with Crippen LogP contribution in [0.4, 0.5) is 5.69 Å². The van der Waals surface area contributed by atoms with E-state index in [1.165, 1.54) is 15.9 Å². The van der Waals surface area contributed by atoms with Gasteiger partial charge in [0.25, 0.3) is 11.5 Å². The van der Waals surface area contributed by atoms with Crippen LogP contribution in [-0.4, -0.2) is 21.4 Å². The molecule has 29 heavy (non-hydrogen) atoms. The second kappa shape index (κ2) is 8.16. The minimum absolute atomic E-state index is 0.286. The quantitative estimate of drug-likeness (QED) is 0.647. The first kappa shape index (κ1) is 20.7. The number of hydrogen-bond acceptors (Lipinski definition) is 5. The van der Waals surface area contributed by atoms with Gasteiger partial charge in [0.2, 0.25) is 5.91 Å². The molecule has 1 atom stereocenters. The largest absolute Gasteiger partial charge is 0.368 e. The number of fused-ring (bicyclic) bond motifs is 1. The van der Waals surface area contributed by atoms with Gasteiger partial charge in [-0.1, -0.05) is 25.1 Å². The Kier molecular flexibility index (Phi) is 5.83. The number of primary amides is 1. The number of nitrogens with zero attached hydrogens (tertiary/aromatic N) is 2. The van der Waals surface area contributed by atoms with Crippen molar-refractivity contribution in [3.63, 3.8) is 0 Å². The minimum Gasteiger partial charge on any atom is -0.368 e. The van der Waals surface area contributed by atoms with Crippen molar-refractivity contribution in [2.75, 3.05) is 5.32 Å². The molecule has 0 aliphatic heterocycles. The van der Waals surface area contributed by atoms with Crippen molar-refractivity contribution in [2.45, 2.75) is 46.6 Å². The molecule has 0 radical (unpaired) electrons. The lowest BCUT2D eigenvalue weighted by Crippen LogP contribution is -2.35. The molecule has 152 valence electrons. The number of carbonyl (C=O) groups is 2. The van der Waals surface area contributed by atoms with Gasteiger partial charge in [0, 0.05) is 12.1 Å². The molecule has 0 fully saturated rings. The molecule has 0 saturated carbocycles. The van der Waals surface area contributed by atoms with Crippen molar-refractivity contribution >= 4 is 39.1 Å². The van der Waals surface area contributed by atoms with E-state index in [0.717, 1.165) is 12.0 Å². The average molecular weight is 413 g/mol. The summed E-state index contributed by atoms with van der Waals surface area (Å²) in [5.41, 5.74) is 7.33. The second-order valence-electron chi connectivity index (χ2n) is 7.04. The van der Waals surface area contributed by atoms with E-state index in [4.69, 9.17) is 5.73 Å². The van der Waals surface area contributed by atoms with E-state index in [0.29, 0.717) is 38.6 Å². The van der Waals surface area contributed by atoms with Crippen molar-refractivity contribution in [2.24, 2.45) is 5.73 Å². The van der Waals surface area contributed by atoms with Gasteiger partial charge in [0.1, 0.15) is 16.7 Å². The summed E-state index contributed by atoms with van der Waals surface area (Å²) in [5.74, 6) is -0.384. The van der Waals surface area contributed by atoms with Crippen LogP contribution in [0.25, 0.3) is 10.2 Å². The topological polar surface area (TPSA) is 107 Å². The van der Waals surface area contributed by atoms with E-state index in [2.05, 4.69) is 10.3 Å². The van der Waals surface area contributed by atoms with Gasteiger partial charge in [0.15, 0.2) is 0 Å². The van der Waals surface area contributed by atoms with Gasteiger partial charge < -0.3 is 11.1 Å². The van der Waals surface area contributed by atoms with Crippen LogP contribution in [0.15, 0.2) is 29.1 Å². The molecular formula is C21H24N4O3S. The van der Waals surface area contributed by atoms with Gasteiger partial charge in [-0.15, -0.1) is 11.3 Å². The van der Waals surface area contributed by atoms with Gasteiger partial charge >= 0.3 is 0 Å². The monoisotopic (exact) mass is 412 g/mol. The molecule has 0 bridgehead atoms. The number of rotatable bonds is 6. The maximum Gasteiger partial charge on any atom is 0.266 e. The van der Waals surface area contributed by atoms with Gasteiger partial charge in [-0.3, -0.25) is 19.0 Å². The molecule has 2 heterocycles. The fraction of sp³-hybridized carbons (Fsp3) is 0.333. The summed E-state index contributed by atoms with van der Waals surface area (Å²) in [4.78, 5) is 43.4. The number of hydrogen-bond donors (Lipinski definition) is 2. The zero-order chi connectivity index (χ0) is 21.3. The highest BCUT2D eigenvalue weighted by Gasteiger charge is 2.24. The SMILES string of the molecule is CCCc1nc2sc(C(=O)Nc3ccccc3C)c(C)c2c(=O)n1C(C)C(N)=O. The molecular weight excluding hydrogens is 388 g/mol. The standard InChI is InChI=1S/C21H24N4O3S/c1-5-8-15-24-20-16(21(28)25(15)13(4)18(22)26)12(3)17(29-20)19(27)23-14-10-7-6-9-11(14)2/h6-7,9-10,13H,5,8H2,1-4H3,(H2,22,26)(H,23,27). The molecule has 2 aromatic heterocycles. The predicted molar refractivity (Wildman–Crippen MR) is 116 cm³/mol. The fourth-order valence-electron chi connectivity index (χ4n) is 3.27. The first-order valence-corrected chi connectivity index (χ1v) is 10.3. The highest BCUT2D eigenvalue weighted by molar-refractivity contribution is 7.20. The third-order valence-corrected chi connectivity index (χ3v) is 6.13. The Hall–Kier alpha value is -3.00. The minimum atomic E-state index is -0.815. The number of aryl methyl sites for hydroxylation is 3. The number of para-hydroxylation sites is 1. The summed E-state index contributed by atoms with van der Waals surface area (Å²) in [6, 6.07) is 6.68. The molecule has 0 spiro atoms. The Balaban J connectivity index is 2.15. The average Bonchev–Trinajstić information content (AvgIpc) is 3.00. The Bertz CT molecular complexity index is 1160. The Morgan fingerprint density at radius 3 is 2.59 bits per heavy atom. The number of thiophene rings is 1. The number of anilines is 1. The van der Waals surface area contributed by atoms with E-state index in [1.807, 2.05) is 38.1 Å². The summed E-state index contributed by atoms with van der Waals surface area (Å²) in [7, 11) is 0. The van der Waals surface area contributed by atoms with Crippen LogP contribution in [0.3, 0.4) is 0 Å². The van der Waals surface area contributed by atoms with Crippen molar-refractivity contribution < 1.29 is 9.59 Å². The molecule has 3 rings (SSSR count). The highest BCUT2D eigenvalue weighted by atomic mass is 32.1. The number of amides is 2. The van der Waals surface area contributed by atoms with Crippen molar-refractivity contribution in [3.8, 4) is 0 Å². The smallest absolute Gasteiger partial charge is 0.266 e. The third kappa shape index (κ3) is 3.80. The normalized spacial score (nSPS) is 12.1. The van der Waals surface area contributed by atoms with Crippen molar-refractivity contribution in [1.82, 2.24) is 9.55 Å². The number of carbonyl (C=O) groups excluding carboxylic acids is 2. The van der Waals surface area contributed by atoms with E-state index in [1.54, 1.807) is 13.8 Å². The van der Waals surface area contributed by atoms with Crippen LogP contribution in [0.2, 0.25) is 0 Å². The molecule has 3 aromatic rings. The molecule has 0 aliphatic rings. The highest BCUT2D eigenvalue weighted by Crippen LogP contribution is 2.29. The number of nitrogens with two attached hydrogens (primary N) is 1. The van der Waals surface area contributed by atoms with Crippen molar-refractivity contribution in [1.29, 1.82) is 0 Å². The molecule has 2 amide bonds. The van der Waals surface area contributed by atoms with Gasteiger partial charge in [-0.25, -0.2) is 4.98 Å². The van der Waals surface area contributed by atoms with Crippen LogP contribution in [-0.2, 0) is 11.2 Å². The van der Waals surface area contributed by atoms with E-state index in [9.17, 15) is 14.4 Å². The summed E-state index contributed by atoms with van der Waals surface area (Å²) >= 11 is 1.19. The van der Waals surface area contributed by atoms with Crippen LogP contribution >= 0.6 is 11.3 Å². The molecule has 1 aromatic carbocycles. The summed E-state index contributed by atoms with van der Waals surface area (Å²) in [6.07, 6.45) is 1.29. The molecule has 8 heteroatoms. The van der Waals surface area contributed by atoms with Crippen molar-refractivity contribution in [3.05, 3.63) is 56.4 Å². The Morgan fingerprint density at radius 1 is 1.28 bits per heavy atom. The van der Waals surface area contributed by atoms with E-state index < -0.39 is 11.9 Å². The first-order valence-electron chi connectivity index (χ1n) is 9.47. The van der Waals surface area contributed by atoms with E-state index >= 15 is 0 Å². The van der Waals surface area contributed by atoms with Crippen LogP contribution in [0.5, 0.6) is 0 Å². The lowest BCUT2D eigenvalue weighted by Gasteiger charge is -2.16. The van der Waals surface area contributed by atoms with Crippen LogP contribution in [0, 0.1) is 13.8 Å². The second-order valence-corrected chi connectivity index (χ2v) is 8.04. The van der Waals surface area contributed by atoms with Gasteiger partial charge in [-0.2, -0.15) is 0 Å². The number of benzene rings is 1. The summed E-state index contributed by atoms with van der Waals surface area (Å²) in [6.45, 7) is 7.20. The maximum absolute atomic E-state index is 13.2. The fourth-order valence-corrected chi connectivity index (χ4v) is 4.36. The first-order chi connectivity index (χ1) is 13.8. The number of aromatic nitrogens is 2. The van der Waals surface area contributed by atoms with Crippen LogP contribution in [0.1, 0.15) is 52.9 Å². The predicted octanol–water partition coefficient (Wildman–Crippen LogP) is 3.33. The third-order valence-electron chi connectivity index (χ3n) is 4.94. The zero-order valence-corrected chi connectivity index (χ0v) is 17.7. The lowest BCUT2D eigenvalue weighted by molar-refractivity contribution is -0.120. The molecule has 1 unspecified atom stereocenters. The molecule has 0 saturated heterocycles. The molecule has 3 N–H and O–H groups in total.